The summed E-state index contributed by atoms with van der Waals surface area (Å²) in [6, 6.07) is 0. The van der Waals surface area contributed by atoms with E-state index in [-0.39, 0.29) is 21.8 Å². The molecule has 1 fully saturated rings. The summed E-state index contributed by atoms with van der Waals surface area (Å²) in [4.78, 5) is 10.9. The molecule has 0 spiro atoms. The van der Waals surface area contributed by atoms with Gasteiger partial charge in [0.1, 0.15) is 5.60 Å². The standard InChI is InChI=1S/C21H42O4/c1-11-12-20(23-25-24-22-19(8,9)10)13-15-21(16-14-20,17(2,3)4)18(5,6)7/h11-16H2,1-10H3. The highest BCUT2D eigenvalue weighted by Crippen LogP contribution is 2.61. The Kier molecular flexibility index (Phi) is 7.17. The lowest BCUT2D eigenvalue weighted by atomic mass is 9.47. The number of rotatable bonds is 6. The maximum atomic E-state index is 5.78. The minimum absolute atomic E-state index is 0.246. The lowest BCUT2D eigenvalue weighted by molar-refractivity contribution is -0.666. The van der Waals surface area contributed by atoms with Crippen LogP contribution in [0.25, 0.3) is 0 Å². The Labute approximate surface area is 155 Å². The fraction of sp³-hybridized carbons (Fsp3) is 1.00. The van der Waals surface area contributed by atoms with Gasteiger partial charge in [-0.3, -0.25) is 0 Å². The van der Waals surface area contributed by atoms with Gasteiger partial charge in [0.15, 0.2) is 0 Å². The molecule has 0 aromatic carbocycles. The van der Waals surface area contributed by atoms with Crippen molar-refractivity contribution in [3.8, 4) is 0 Å². The molecule has 0 unspecified atom stereocenters. The molecule has 0 aromatic rings. The van der Waals surface area contributed by atoms with Gasteiger partial charge in [-0.2, -0.15) is 9.78 Å². The van der Waals surface area contributed by atoms with Gasteiger partial charge < -0.3 is 0 Å². The topological polar surface area (TPSA) is 36.9 Å². The second kappa shape index (κ2) is 7.84. The van der Waals surface area contributed by atoms with Crippen LogP contribution in [0.4, 0.5) is 0 Å². The third kappa shape index (κ3) is 5.66. The first-order valence-corrected chi connectivity index (χ1v) is 9.88. The van der Waals surface area contributed by atoms with Crippen LogP contribution in [-0.4, -0.2) is 11.2 Å². The number of hydrogen-bond donors (Lipinski definition) is 0. The molecule has 0 aromatic heterocycles. The van der Waals surface area contributed by atoms with E-state index in [2.05, 4.69) is 48.5 Å². The Morgan fingerprint density at radius 3 is 1.56 bits per heavy atom. The van der Waals surface area contributed by atoms with E-state index >= 15 is 0 Å². The van der Waals surface area contributed by atoms with Crippen molar-refractivity contribution in [2.45, 2.75) is 119 Å². The highest BCUT2D eigenvalue weighted by atomic mass is 17.7. The van der Waals surface area contributed by atoms with Crippen molar-refractivity contribution in [2.75, 3.05) is 0 Å². The molecule has 1 saturated carbocycles. The quantitative estimate of drug-likeness (QED) is 0.297. The van der Waals surface area contributed by atoms with Crippen LogP contribution in [0, 0.1) is 16.2 Å². The van der Waals surface area contributed by atoms with Crippen molar-refractivity contribution in [3.63, 3.8) is 0 Å². The Morgan fingerprint density at radius 1 is 0.720 bits per heavy atom. The summed E-state index contributed by atoms with van der Waals surface area (Å²) in [6.07, 6.45) is 6.24. The molecule has 0 aliphatic heterocycles. The van der Waals surface area contributed by atoms with E-state index in [4.69, 9.17) is 19.9 Å². The van der Waals surface area contributed by atoms with Gasteiger partial charge in [-0.25, -0.2) is 0 Å². The molecule has 25 heavy (non-hydrogen) atoms. The minimum Gasteiger partial charge on any atom is -0.198 e. The fourth-order valence-corrected chi connectivity index (χ4v) is 4.79. The maximum absolute atomic E-state index is 5.78. The molecule has 1 aliphatic rings. The third-order valence-electron chi connectivity index (χ3n) is 6.11. The van der Waals surface area contributed by atoms with Crippen LogP contribution in [0.3, 0.4) is 0 Å². The second-order valence-electron chi connectivity index (χ2n) is 10.9. The minimum atomic E-state index is -0.429. The van der Waals surface area contributed by atoms with Crippen molar-refractivity contribution in [1.82, 2.24) is 0 Å². The molecule has 0 saturated heterocycles. The zero-order chi connectivity index (χ0) is 19.6. The third-order valence-corrected chi connectivity index (χ3v) is 6.11. The van der Waals surface area contributed by atoms with E-state index in [1.165, 1.54) is 0 Å². The highest BCUT2D eigenvalue weighted by Gasteiger charge is 2.55. The van der Waals surface area contributed by atoms with E-state index in [9.17, 15) is 0 Å². The van der Waals surface area contributed by atoms with Crippen LogP contribution in [0.2, 0.25) is 0 Å². The van der Waals surface area contributed by atoms with Crippen LogP contribution in [0.5, 0.6) is 0 Å². The normalized spacial score (nSPS) is 21.4. The molecule has 150 valence electrons. The lowest BCUT2D eigenvalue weighted by Gasteiger charge is -2.58. The summed E-state index contributed by atoms with van der Waals surface area (Å²) in [7, 11) is 0. The van der Waals surface area contributed by atoms with Crippen LogP contribution < -0.4 is 0 Å². The van der Waals surface area contributed by atoms with Gasteiger partial charge in [-0.05, 0) is 79.2 Å². The van der Waals surface area contributed by atoms with Crippen LogP contribution in [0.1, 0.15) is 108 Å². The van der Waals surface area contributed by atoms with Crippen LogP contribution >= 0.6 is 0 Å². The summed E-state index contributed by atoms with van der Waals surface area (Å²) in [5, 5.41) is 9.86. The van der Waals surface area contributed by atoms with E-state index in [0.717, 1.165) is 38.5 Å². The Morgan fingerprint density at radius 2 is 1.20 bits per heavy atom. The van der Waals surface area contributed by atoms with E-state index < -0.39 is 5.60 Å². The van der Waals surface area contributed by atoms with Gasteiger partial charge in [0.25, 0.3) is 0 Å². The average Bonchev–Trinajstić information content (AvgIpc) is 2.41. The van der Waals surface area contributed by atoms with Crippen molar-refractivity contribution in [1.29, 1.82) is 0 Å². The Balaban J connectivity index is 2.81. The molecule has 0 N–H and O–H groups in total. The predicted molar refractivity (Wildman–Crippen MR) is 102 cm³/mol. The maximum Gasteiger partial charge on any atom is 0.107 e. The monoisotopic (exact) mass is 358 g/mol. The predicted octanol–water partition coefficient (Wildman–Crippen LogP) is 6.79. The molecule has 0 atom stereocenters. The first kappa shape index (κ1) is 22.9. The highest BCUT2D eigenvalue weighted by molar-refractivity contribution is 5.04. The SMILES string of the molecule is CCCC1(OOOOC(C)(C)C)CCC(C(C)(C)C)(C(C)(C)C)CC1. The molecule has 0 bridgehead atoms. The van der Waals surface area contributed by atoms with Gasteiger partial charge in [0, 0.05) is 0 Å². The Bertz CT molecular complexity index is 385. The van der Waals surface area contributed by atoms with E-state index in [1.54, 1.807) is 0 Å². The van der Waals surface area contributed by atoms with Gasteiger partial charge in [-0.15, -0.1) is 0 Å². The van der Waals surface area contributed by atoms with Crippen molar-refractivity contribution >= 4 is 0 Å². The van der Waals surface area contributed by atoms with Crippen LogP contribution in [-0.2, 0) is 19.9 Å². The molecule has 1 rings (SSSR count). The van der Waals surface area contributed by atoms with E-state index in [0.29, 0.717) is 0 Å². The summed E-state index contributed by atoms with van der Waals surface area (Å²) in [5.74, 6) is 0. The summed E-state index contributed by atoms with van der Waals surface area (Å²) < 4.78 is 0. The zero-order valence-electron chi connectivity index (χ0n) is 18.4. The van der Waals surface area contributed by atoms with Gasteiger partial charge >= 0.3 is 0 Å². The summed E-state index contributed by atoms with van der Waals surface area (Å²) in [6.45, 7) is 22.2. The zero-order valence-corrected chi connectivity index (χ0v) is 18.4. The van der Waals surface area contributed by atoms with E-state index in [1.807, 2.05) is 20.8 Å². The molecule has 4 heteroatoms. The molecule has 4 nitrogen and oxygen atoms in total. The Hall–Kier alpha value is -0.160. The van der Waals surface area contributed by atoms with Gasteiger partial charge in [0.2, 0.25) is 0 Å². The lowest BCUT2D eigenvalue weighted by Crippen LogP contribution is -2.52. The average molecular weight is 359 g/mol. The van der Waals surface area contributed by atoms with Gasteiger partial charge in [0.05, 0.1) is 5.60 Å². The van der Waals surface area contributed by atoms with Crippen molar-refractivity contribution in [3.05, 3.63) is 0 Å². The summed E-state index contributed by atoms with van der Waals surface area (Å²) >= 11 is 0. The largest absolute Gasteiger partial charge is 0.198 e. The molecular weight excluding hydrogens is 316 g/mol. The summed E-state index contributed by atoms with van der Waals surface area (Å²) in [5.41, 5.74) is 0.0630. The molecule has 0 amide bonds. The van der Waals surface area contributed by atoms with Crippen molar-refractivity contribution < 1.29 is 19.9 Å². The van der Waals surface area contributed by atoms with Crippen molar-refractivity contribution in [2.24, 2.45) is 16.2 Å². The first-order chi connectivity index (χ1) is 11.2. The van der Waals surface area contributed by atoms with Crippen LogP contribution in [0.15, 0.2) is 0 Å². The molecular formula is C21H42O4. The molecule has 1 aliphatic carbocycles. The smallest absolute Gasteiger partial charge is 0.107 e. The fourth-order valence-electron chi connectivity index (χ4n) is 4.79. The number of hydrogen-bond acceptors (Lipinski definition) is 4. The van der Waals surface area contributed by atoms with Gasteiger partial charge in [-0.1, -0.05) is 54.9 Å². The molecule has 0 radical (unpaired) electrons. The second-order valence-corrected chi connectivity index (χ2v) is 10.9. The molecule has 0 heterocycles. The first-order valence-electron chi connectivity index (χ1n) is 9.88.